The fraction of sp³-hybridized carbons (Fsp3) is 0.714. The van der Waals surface area contributed by atoms with Crippen molar-refractivity contribution in [3.05, 3.63) is 21.4 Å². The number of unbranched alkanes of at least 4 members (excludes halogenated alkanes) is 2. The second-order valence-corrected chi connectivity index (χ2v) is 5.86. The molecule has 0 atom stereocenters. The van der Waals surface area contributed by atoms with Gasteiger partial charge in [0.05, 0.1) is 6.61 Å². The molecule has 0 fully saturated rings. The van der Waals surface area contributed by atoms with Crippen molar-refractivity contribution in [2.75, 3.05) is 26.8 Å². The third-order valence-corrected chi connectivity index (χ3v) is 4.10. The number of aryl methyl sites for hydroxylation is 3. The maximum atomic E-state index is 4.98. The average Bonchev–Trinajstić information content (AvgIpc) is 2.61. The molecule has 3 heteroatoms. The van der Waals surface area contributed by atoms with E-state index in [0.29, 0.717) is 0 Å². The van der Waals surface area contributed by atoms with E-state index in [2.05, 4.69) is 25.2 Å². The van der Waals surface area contributed by atoms with E-state index in [1.54, 1.807) is 12.0 Å². The molecule has 98 valence electrons. The first-order valence-electron chi connectivity index (χ1n) is 6.49. The van der Waals surface area contributed by atoms with E-state index in [-0.39, 0.29) is 0 Å². The summed E-state index contributed by atoms with van der Waals surface area (Å²) in [5, 5.41) is 3.38. The Morgan fingerprint density at radius 2 is 2.00 bits per heavy atom. The third-order valence-electron chi connectivity index (χ3n) is 2.88. The van der Waals surface area contributed by atoms with Gasteiger partial charge in [-0.2, -0.15) is 0 Å². The fourth-order valence-corrected chi connectivity index (χ4v) is 3.04. The van der Waals surface area contributed by atoms with Crippen LogP contribution in [-0.4, -0.2) is 26.8 Å². The van der Waals surface area contributed by atoms with Crippen LogP contribution in [0.25, 0.3) is 0 Å². The molecule has 0 aliphatic rings. The third kappa shape index (κ3) is 6.20. The monoisotopic (exact) mass is 255 g/mol. The van der Waals surface area contributed by atoms with Crippen LogP contribution in [0.1, 0.15) is 34.6 Å². The summed E-state index contributed by atoms with van der Waals surface area (Å²) in [5.41, 5.74) is 1.48. The maximum Gasteiger partial charge on any atom is 0.0587 e. The summed E-state index contributed by atoms with van der Waals surface area (Å²) in [6.45, 7) is 7.32. The summed E-state index contributed by atoms with van der Waals surface area (Å²) in [6, 6.07) is 2.30. The lowest BCUT2D eigenvalue weighted by Gasteiger charge is -2.04. The van der Waals surface area contributed by atoms with E-state index < -0.39 is 0 Å². The number of thiophene rings is 1. The Morgan fingerprint density at radius 3 is 2.65 bits per heavy atom. The van der Waals surface area contributed by atoms with E-state index in [4.69, 9.17) is 4.74 Å². The van der Waals surface area contributed by atoms with Crippen LogP contribution >= 0.6 is 11.3 Å². The summed E-state index contributed by atoms with van der Waals surface area (Å²) in [5.74, 6) is 0. The molecule has 0 saturated heterocycles. The molecule has 0 aliphatic carbocycles. The van der Waals surface area contributed by atoms with Crippen molar-refractivity contribution in [1.82, 2.24) is 5.32 Å². The van der Waals surface area contributed by atoms with Gasteiger partial charge in [0.15, 0.2) is 0 Å². The highest BCUT2D eigenvalue weighted by atomic mass is 32.1. The summed E-state index contributed by atoms with van der Waals surface area (Å²) in [4.78, 5) is 3.02. The molecular weight excluding hydrogens is 230 g/mol. The van der Waals surface area contributed by atoms with E-state index in [0.717, 1.165) is 19.7 Å². The average molecular weight is 255 g/mol. The second kappa shape index (κ2) is 8.67. The van der Waals surface area contributed by atoms with Crippen LogP contribution in [0.5, 0.6) is 0 Å². The first-order chi connectivity index (χ1) is 8.24. The number of nitrogens with one attached hydrogen (secondary N) is 1. The molecule has 2 nitrogen and oxygen atoms in total. The number of rotatable bonds is 9. The quantitative estimate of drug-likeness (QED) is 0.684. The summed E-state index contributed by atoms with van der Waals surface area (Å²) < 4.78 is 4.98. The van der Waals surface area contributed by atoms with Gasteiger partial charge in [0.25, 0.3) is 0 Å². The Balaban J connectivity index is 1.99. The van der Waals surface area contributed by atoms with Crippen molar-refractivity contribution in [3.8, 4) is 0 Å². The Labute approximate surface area is 109 Å². The molecule has 0 unspecified atom stereocenters. The molecule has 0 saturated carbocycles. The maximum absolute atomic E-state index is 4.98. The molecule has 0 aliphatic heterocycles. The van der Waals surface area contributed by atoms with Crippen molar-refractivity contribution in [3.63, 3.8) is 0 Å². The van der Waals surface area contributed by atoms with Crippen LogP contribution in [0, 0.1) is 13.8 Å². The minimum Gasteiger partial charge on any atom is -0.383 e. The highest BCUT2D eigenvalue weighted by Crippen LogP contribution is 2.22. The van der Waals surface area contributed by atoms with Gasteiger partial charge in [0.1, 0.15) is 0 Å². The van der Waals surface area contributed by atoms with Crippen LogP contribution in [-0.2, 0) is 11.2 Å². The standard InChI is InChI=1S/C14H25NOS/c1-12-11-13(2)17-14(12)7-5-4-6-8-15-9-10-16-3/h11,15H,4-10H2,1-3H3. The van der Waals surface area contributed by atoms with Gasteiger partial charge < -0.3 is 10.1 Å². The summed E-state index contributed by atoms with van der Waals surface area (Å²) in [7, 11) is 1.74. The van der Waals surface area contributed by atoms with Gasteiger partial charge in [-0.05, 0) is 51.3 Å². The zero-order valence-corrected chi connectivity index (χ0v) is 12.2. The van der Waals surface area contributed by atoms with Crippen LogP contribution in [0.15, 0.2) is 6.07 Å². The number of methoxy groups -OCH3 is 1. The molecule has 17 heavy (non-hydrogen) atoms. The van der Waals surface area contributed by atoms with Gasteiger partial charge in [0, 0.05) is 23.4 Å². The van der Waals surface area contributed by atoms with Gasteiger partial charge in [-0.1, -0.05) is 6.42 Å². The predicted molar refractivity (Wildman–Crippen MR) is 76.1 cm³/mol. The van der Waals surface area contributed by atoms with Crippen molar-refractivity contribution in [2.24, 2.45) is 0 Å². The molecule has 0 radical (unpaired) electrons. The molecule has 1 N–H and O–H groups in total. The lowest BCUT2D eigenvalue weighted by molar-refractivity contribution is 0.199. The van der Waals surface area contributed by atoms with E-state index in [1.807, 2.05) is 11.3 Å². The highest BCUT2D eigenvalue weighted by Gasteiger charge is 2.02. The van der Waals surface area contributed by atoms with Crippen LogP contribution in [0.3, 0.4) is 0 Å². The lowest BCUT2D eigenvalue weighted by Crippen LogP contribution is -2.20. The zero-order chi connectivity index (χ0) is 12.5. The van der Waals surface area contributed by atoms with Gasteiger partial charge in [-0.15, -0.1) is 11.3 Å². The van der Waals surface area contributed by atoms with Crippen LogP contribution in [0.4, 0.5) is 0 Å². The SMILES string of the molecule is COCCNCCCCCc1sc(C)cc1C. The van der Waals surface area contributed by atoms with E-state index in [9.17, 15) is 0 Å². The Hall–Kier alpha value is -0.380. The van der Waals surface area contributed by atoms with E-state index >= 15 is 0 Å². The normalized spacial score (nSPS) is 11.0. The fourth-order valence-electron chi connectivity index (χ4n) is 1.95. The number of hydrogen-bond acceptors (Lipinski definition) is 3. The van der Waals surface area contributed by atoms with Gasteiger partial charge in [0.2, 0.25) is 0 Å². The van der Waals surface area contributed by atoms with Crippen molar-refractivity contribution in [1.29, 1.82) is 0 Å². The Morgan fingerprint density at radius 1 is 1.18 bits per heavy atom. The highest BCUT2D eigenvalue weighted by molar-refractivity contribution is 7.12. The first-order valence-corrected chi connectivity index (χ1v) is 7.31. The van der Waals surface area contributed by atoms with Gasteiger partial charge in [-0.25, -0.2) is 0 Å². The molecule has 0 spiro atoms. The van der Waals surface area contributed by atoms with Crippen molar-refractivity contribution in [2.45, 2.75) is 39.5 Å². The molecular formula is C14H25NOS. The van der Waals surface area contributed by atoms with Crippen molar-refractivity contribution < 1.29 is 4.74 Å². The number of hydrogen-bond donors (Lipinski definition) is 1. The van der Waals surface area contributed by atoms with Crippen molar-refractivity contribution >= 4 is 11.3 Å². The summed E-state index contributed by atoms with van der Waals surface area (Å²) >= 11 is 1.96. The summed E-state index contributed by atoms with van der Waals surface area (Å²) in [6.07, 6.45) is 5.15. The minimum atomic E-state index is 0.813. The molecule has 1 aromatic rings. The largest absolute Gasteiger partial charge is 0.383 e. The predicted octanol–water partition coefficient (Wildman–Crippen LogP) is 3.31. The molecule has 0 aromatic carbocycles. The molecule has 0 amide bonds. The molecule has 1 rings (SSSR count). The Kier molecular flexibility index (Phi) is 7.49. The zero-order valence-electron chi connectivity index (χ0n) is 11.3. The molecule has 0 bridgehead atoms. The van der Waals surface area contributed by atoms with Crippen LogP contribution in [0.2, 0.25) is 0 Å². The number of ether oxygens (including phenoxy) is 1. The second-order valence-electron chi connectivity index (χ2n) is 4.52. The molecule has 1 heterocycles. The lowest BCUT2D eigenvalue weighted by atomic mass is 10.1. The Bertz CT molecular complexity index is 309. The van der Waals surface area contributed by atoms with E-state index in [1.165, 1.54) is 36.1 Å². The molecule has 1 aromatic heterocycles. The smallest absolute Gasteiger partial charge is 0.0587 e. The topological polar surface area (TPSA) is 21.3 Å². The van der Waals surface area contributed by atoms with Crippen LogP contribution < -0.4 is 5.32 Å². The minimum absolute atomic E-state index is 0.813. The first kappa shape index (κ1) is 14.7. The van der Waals surface area contributed by atoms with Gasteiger partial charge in [-0.3, -0.25) is 0 Å². The van der Waals surface area contributed by atoms with Gasteiger partial charge >= 0.3 is 0 Å².